The Morgan fingerprint density at radius 3 is 1.20 bits per heavy atom. The van der Waals surface area contributed by atoms with Crippen molar-refractivity contribution < 1.29 is 57.4 Å². The van der Waals surface area contributed by atoms with Crippen molar-refractivity contribution in [1.29, 1.82) is 0 Å². The van der Waals surface area contributed by atoms with Crippen molar-refractivity contribution >= 4 is 41.6 Å². The fraction of sp³-hybridized carbons (Fsp3) is 0.312. The number of hydrogen-bond acceptors (Lipinski definition) is 12. The van der Waals surface area contributed by atoms with Crippen LogP contribution in [0.3, 0.4) is 0 Å². The van der Waals surface area contributed by atoms with Crippen molar-refractivity contribution in [3.63, 3.8) is 0 Å². The van der Waals surface area contributed by atoms with Crippen molar-refractivity contribution in [2.75, 3.05) is 26.3 Å². The van der Waals surface area contributed by atoms with Gasteiger partial charge in [-0.1, -0.05) is 60.7 Å². The van der Waals surface area contributed by atoms with E-state index in [9.17, 15) is 19.2 Å². The molecule has 10 N–H and O–H groups in total. The third-order valence-electron chi connectivity index (χ3n) is 7.10. The molecule has 3 aromatic carbocycles. The Bertz CT molecular complexity index is 1410. The predicted octanol–water partition coefficient (Wildman–Crippen LogP) is 0.693. The van der Waals surface area contributed by atoms with Crippen LogP contribution in [0.1, 0.15) is 56.8 Å². The van der Waals surface area contributed by atoms with E-state index in [1.54, 1.807) is 60.7 Å². The quantitative estimate of drug-likeness (QED) is 0.0641. The van der Waals surface area contributed by atoms with Gasteiger partial charge in [-0.2, -0.15) is 0 Å². The molecule has 0 aliphatic rings. The molecule has 0 heterocycles. The largest absolute Gasteiger partial charge is 0.492 e. The smallest absolute Gasteiger partial charge is 0.447 e. The number of nitrogens with one attached hydrogen (secondary N) is 4. The van der Waals surface area contributed by atoms with Gasteiger partial charge < -0.3 is 59.5 Å². The van der Waals surface area contributed by atoms with Gasteiger partial charge in [0.15, 0.2) is 0 Å². The van der Waals surface area contributed by atoms with Crippen LogP contribution in [0, 0.1) is 0 Å². The molecule has 0 saturated carbocycles. The maximum Gasteiger partial charge on any atom is 0.492 e. The first-order valence-electron chi connectivity index (χ1n) is 15.7. The van der Waals surface area contributed by atoms with Crippen molar-refractivity contribution in [2.24, 2.45) is 0 Å². The Balaban J connectivity index is 1.58. The highest BCUT2D eigenvalue weighted by Gasteiger charge is 2.27. The fourth-order valence-corrected chi connectivity index (χ4v) is 5.82. The van der Waals surface area contributed by atoms with Crippen LogP contribution in [0.2, 0.25) is 12.1 Å². The standard InChI is InChI=1S/C32H42N4O12Si2/c37-29(35-27(23-9-3-1-4-10-23)21-47-31(39)33-17-7-19-49(41,42)43)25-13-15-26(16-14-25)30(38)36-28(24-11-5-2-6-12-24)22-48-32(40)34-18-8-20-50(44,45)46/h1-6,9-16,27-28,41-46H,7-8,17-22H2,(H,33,39)(H,34,40)(H,35,37)(H,36,38)/t27-,28-/m0/s1. The van der Waals surface area contributed by atoms with Crippen LogP contribution in [0.15, 0.2) is 84.9 Å². The average Bonchev–Trinajstić information content (AvgIpc) is 3.08. The van der Waals surface area contributed by atoms with Gasteiger partial charge in [0, 0.05) is 36.3 Å². The molecule has 3 aromatic rings. The number of hydrogen-bond donors (Lipinski definition) is 10. The lowest BCUT2D eigenvalue weighted by Crippen LogP contribution is -2.37. The third-order valence-corrected chi connectivity index (χ3v) is 9.15. The van der Waals surface area contributed by atoms with Gasteiger partial charge in [0.2, 0.25) is 0 Å². The van der Waals surface area contributed by atoms with Crippen LogP contribution in [-0.4, -0.2) is 96.7 Å². The number of alkyl carbamates (subject to hydrolysis) is 2. The van der Waals surface area contributed by atoms with E-state index >= 15 is 0 Å². The molecule has 4 amide bonds. The summed E-state index contributed by atoms with van der Waals surface area (Å²) in [6.07, 6.45) is -1.33. The lowest BCUT2D eigenvalue weighted by molar-refractivity contribution is 0.0884. The van der Waals surface area contributed by atoms with Gasteiger partial charge in [0.1, 0.15) is 13.2 Å². The van der Waals surface area contributed by atoms with Crippen LogP contribution < -0.4 is 21.3 Å². The van der Waals surface area contributed by atoms with E-state index in [0.29, 0.717) is 11.1 Å². The molecule has 0 unspecified atom stereocenters. The van der Waals surface area contributed by atoms with Gasteiger partial charge >= 0.3 is 29.8 Å². The SMILES string of the molecule is O=C(NCCC[Si](O)(O)O)OC[C@H](NC(=O)c1ccc(C(=O)N[C@@H](COC(=O)NCCC[Si](O)(O)O)c2ccccc2)cc1)c1ccccc1. The van der Waals surface area contributed by atoms with Crippen LogP contribution in [-0.2, 0) is 9.47 Å². The summed E-state index contributed by atoms with van der Waals surface area (Å²) in [5.41, 5.74) is 1.76. The summed E-state index contributed by atoms with van der Waals surface area (Å²) in [6.45, 7) is -0.369. The Hall–Kier alpha value is -4.67. The molecule has 16 nitrogen and oxygen atoms in total. The molecule has 0 radical (unpaired) electrons. The van der Waals surface area contributed by atoms with Gasteiger partial charge in [-0.05, 0) is 48.2 Å². The van der Waals surface area contributed by atoms with Gasteiger partial charge in [-0.15, -0.1) is 0 Å². The molecule has 0 bridgehead atoms. The monoisotopic (exact) mass is 730 g/mol. The van der Waals surface area contributed by atoms with E-state index in [2.05, 4.69) is 21.3 Å². The first-order chi connectivity index (χ1) is 23.7. The second kappa shape index (κ2) is 19.5. The van der Waals surface area contributed by atoms with Crippen molar-refractivity contribution in [1.82, 2.24) is 21.3 Å². The third kappa shape index (κ3) is 15.3. The van der Waals surface area contributed by atoms with Crippen molar-refractivity contribution in [3.05, 3.63) is 107 Å². The van der Waals surface area contributed by atoms with Gasteiger partial charge in [0.05, 0.1) is 12.1 Å². The van der Waals surface area contributed by atoms with Gasteiger partial charge in [-0.25, -0.2) is 9.59 Å². The molecule has 0 aromatic heterocycles. The summed E-state index contributed by atoms with van der Waals surface area (Å²) in [7, 11) is -8.41. The average molecular weight is 731 g/mol. The predicted molar refractivity (Wildman–Crippen MR) is 182 cm³/mol. The molecule has 0 saturated heterocycles. The molecule has 2 atom stereocenters. The topological polar surface area (TPSA) is 256 Å². The summed E-state index contributed by atoms with van der Waals surface area (Å²) in [4.78, 5) is 105. The van der Waals surface area contributed by atoms with Crippen LogP contribution in [0.4, 0.5) is 9.59 Å². The Morgan fingerprint density at radius 1 is 0.540 bits per heavy atom. The summed E-state index contributed by atoms with van der Waals surface area (Å²) in [6, 6.07) is 21.5. The number of rotatable bonds is 18. The Kier molecular flexibility index (Phi) is 15.5. The van der Waals surface area contributed by atoms with Crippen molar-refractivity contribution in [3.8, 4) is 0 Å². The van der Waals surface area contributed by atoms with E-state index in [-0.39, 0.29) is 62.4 Å². The summed E-state index contributed by atoms with van der Waals surface area (Å²) < 4.78 is 10.5. The van der Waals surface area contributed by atoms with E-state index in [1.807, 2.05) is 0 Å². The number of carbonyl (C=O) groups is 4. The molecule has 3 rings (SSSR count). The minimum atomic E-state index is -4.20. The summed E-state index contributed by atoms with van der Waals surface area (Å²) >= 11 is 0. The minimum absolute atomic E-state index is 0.0396. The zero-order valence-corrected chi connectivity index (χ0v) is 29.0. The number of amides is 4. The lowest BCUT2D eigenvalue weighted by atomic mass is 10.1. The molecule has 50 heavy (non-hydrogen) atoms. The number of carbonyl (C=O) groups excluding carboxylic acids is 4. The fourth-order valence-electron chi connectivity index (χ4n) is 4.52. The van der Waals surface area contributed by atoms with E-state index in [0.717, 1.165) is 0 Å². The van der Waals surface area contributed by atoms with Crippen LogP contribution >= 0.6 is 0 Å². The van der Waals surface area contributed by atoms with Crippen LogP contribution in [0.25, 0.3) is 0 Å². The number of ether oxygens (including phenoxy) is 2. The lowest BCUT2D eigenvalue weighted by Gasteiger charge is -2.20. The maximum absolute atomic E-state index is 13.2. The Morgan fingerprint density at radius 2 is 0.880 bits per heavy atom. The molecule has 270 valence electrons. The van der Waals surface area contributed by atoms with E-state index < -0.39 is 53.7 Å². The second-order valence-corrected chi connectivity index (χ2v) is 15.4. The first kappa shape index (κ1) is 39.8. The minimum Gasteiger partial charge on any atom is -0.447 e. The molecular weight excluding hydrogens is 689 g/mol. The highest BCUT2D eigenvalue weighted by Crippen LogP contribution is 2.17. The van der Waals surface area contributed by atoms with Crippen molar-refractivity contribution in [2.45, 2.75) is 37.0 Å². The highest BCUT2D eigenvalue weighted by atomic mass is 28.4. The molecular formula is C32H42N4O12Si2. The molecule has 0 aliphatic heterocycles. The molecule has 0 spiro atoms. The number of benzene rings is 3. The van der Waals surface area contributed by atoms with Crippen LogP contribution in [0.5, 0.6) is 0 Å². The Labute approximate surface area is 290 Å². The van der Waals surface area contributed by atoms with E-state index in [1.165, 1.54) is 24.3 Å². The second-order valence-electron chi connectivity index (χ2n) is 11.3. The highest BCUT2D eigenvalue weighted by molar-refractivity contribution is 6.56. The maximum atomic E-state index is 13.2. The molecule has 18 heteroatoms. The first-order valence-corrected chi connectivity index (χ1v) is 19.8. The van der Waals surface area contributed by atoms with E-state index in [4.69, 9.17) is 38.2 Å². The summed E-state index contributed by atoms with van der Waals surface area (Å²) in [5.74, 6) is -1.01. The molecule has 0 fully saturated rings. The van der Waals surface area contributed by atoms with Gasteiger partial charge in [-0.3, -0.25) is 9.59 Å². The summed E-state index contributed by atoms with van der Waals surface area (Å²) in [5, 5.41) is 10.5. The van der Waals surface area contributed by atoms with Gasteiger partial charge in [0.25, 0.3) is 11.8 Å². The zero-order chi connectivity index (χ0) is 36.6. The molecule has 0 aliphatic carbocycles. The zero-order valence-electron chi connectivity index (χ0n) is 27.0. The normalized spacial score (nSPS) is 12.6.